The van der Waals surface area contributed by atoms with Gasteiger partial charge in [-0.3, -0.25) is 9.59 Å². The van der Waals surface area contributed by atoms with Crippen LogP contribution in [0.2, 0.25) is 0 Å². The van der Waals surface area contributed by atoms with Gasteiger partial charge in [0, 0.05) is 26.1 Å². The summed E-state index contributed by atoms with van der Waals surface area (Å²) in [5, 5.41) is 2.61. The molecule has 30 heavy (non-hydrogen) atoms. The Kier molecular flexibility index (Phi) is 6.16. The highest BCUT2D eigenvalue weighted by Crippen LogP contribution is 2.33. The monoisotopic (exact) mass is 411 g/mol. The normalized spacial score (nSPS) is 18.4. The molecule has 2 aliphatic rings. The van der Waals surface area contributed by atoms with Crippen LogP contribution in [0, 0.1) is 5.82 Å². The molecule has 0 aliphatic carbocycles. The molecule has 2 aromatic carbocycles. The Bertz CT molecular complexity index is 914. The van der Waals surface area contributed by atoms with E-state index in [1.54, 1.807) is 12.1 Å². The van der Waals surface area contributed by atoms with Crippen LogP contribution in [-0.2, 0) is 9.59 Å². The van der Waals surface area contributed by atoms with Crippen LogP contribution < -0.4 is 15.0 Å². The fourth-order valence-electron chi connectivity index (χ4n) is 3.98. The molecule has 6 nitrogen and oxygen atoms in total. The van der Waals surface area contributed by atoms with Crippen LogP contribution in [0.5, 0.6) is 5.75 Å². The van der Waals surface area contributed by atoms with Crippen LogP contribution in [0.25, 0.3) is 0 Å². The number of carbonyl (C=O) groups excluding carboxylic acids is 2. The summed E-state index contributed by atoms with van der Waals surface area (Å²) in [5.41, 5.74) is 1.03. The molecule has 0 spiro atoms. The van der Waals surface area contributed by atoms with E-state index >= 15 is 0 Å². The number of halogens is 1. The summed E-state index contributed by atoms with van der Waals surface area (Å²) in [6.07, 6.45) is 2.78. The van der Waals surface area contributed by atoms with Crippen LogP contribution in [0.4, 0.5) is 15.8 Å². The van der Waals surface area contributed by atoms with Gasteiger partial charge in [0.15, 0.2) is 6.10 Å². The second kappa shape index (κ2) is 9.15. The predicted molar refractivity (Wildman–Crippen MR) is 113 cm³/mol. The van der Waals surface area contributed by atoms with Gasteiger partial charge in [-0.15, -0.1) is 0 Å². The fourth-order valence-corrected chi connectivity index (χ4v) is 3.98. The van der Waals surface area contributed by atoms with E-state index in [1.807, 2.05) is 34.1 Å². The van der Waals surface area contributed by atoms with E-state index < -0.39 is 11.9 Å². The van der Waals surface area contributed by atoms with Crippen LogP contribution in [0.1, 0.15) is 25.7 Å². The molecule has 0 aromatic heterocycles. The zero-order valence-electron chi connectivity index (χ0n) is 16.9. The Morgan fingerprint density at radius 1 is 1.03 bits per heavy atom. The maximum Gasteiger partial charge on any atom is 0.265 e. The predicted octanol–water partition coefficient (Wildman–Crippen LogP) is 3.43. The molecule has 158 valence electrons. The van der Waals surface area contributed by atoms with E-state index in [-0.39, 0.29) is 23.9 Å². The summed E-state index contributed by atoms with van der Waals surface area (Å²) in [7, 11) is 0. The van der Waals surface area contributed by atoms with Gasteiger partial charge in [-0.2, -0.15) is 0 Å². The van der Waals surface area contributed by atoms with Crippen LogP contribution in [-0.4, -0.2) is 49.0 Å². The van der Waals surface area contributed by atoms with Crippen molar-refractivity contribution in [1.29, 1.82) is 0 Å². The van der Waals surface area contributed by atoms with E-state index in [9.17, 15) is 14.0 Å². The largest absolute Gasteiger partial charge is 0.477 e. The lowest BCUT2D eigenvalue weighted by Gasteiger charge is -2.38. The summed E-state index contributed by atoms with van der Waals surface area (Å²) < 4.78 is 19.8. The lowest BCUT2D eigenvalue weighted by molar-refractivity contribution is -0.139. The topological polar surface area (TPSA) is 61.9 Å². The molecule has 0 radical (unpaired) electrons. The standard InChI is InChI=1S/C23H26FN3O3/c24-17-8-2-3-9-18(17)25-22(28)12-15-27-16-21(23(29)26-13-6-1-7-14-26)30-20-11-5-4-10-19(20)27/h2-5,8-11,21H,1,6-7,12-16H2,(H,25,28). The zero-order chi connectivity index (χ0) is 20.9. The Hall–Kier alpha value is -3.09. The minimum absolute atomic E-state index is 0.00464. The minimum Gasteiger partial charge on any atom is -0.477 e. The number of hydrogen-bond donors (Lipinski definition) is 1. The van der Waals surface area contributed by atoms with Gasteiger partial charge in [0.05, 0.1) is 17.9 Å². The SMILES string of the molecule is O=C(CCN1CC(C(=O)N2CCCCC2)Oc2ccccc21)Nc1ccccc1F. The van der Waals surface area contributed by atoms with Crippen LogP contribution >= 0.6 is 0 Å². The summed E-state index contributed by atoms with van der Waals surface area (Å²) >= 11 is 0. The molecular weight excluding hydrogens is 385 g/mol. The van der Waals surface area contributed by atoms with E-state index in [0.29, 0.717) is 18.8 Å². The zero-order valence-corrected chi connectivity index (χ0v) is 16.9. The van der Waals surface area contributed by atoms with Gasteiger partial charge in [-0.1, -0.05) is 24.3 Å². The van der Waals surface area contributed by atoms with Crippen LogP contribution in [0.3, 0.4) is 0 Å². The van der Waals surface area contributed by atoms with E-state index in [0.717, 1.165) is 38.0 Å². The second-order valence-electron chi connectivity index (χ2n) is 7.68. The lowest BCUT2D eigenvalue weighted by atomic mass is 10.1. The molecule has 2 amide bonds. The van der Waals surface area contributed by atoms with Gasteiger partial charge < -0.3 is 19.9 Å². The average Bonchev–Trinajstić information content (AvgIpc) is 2.79. The molecular formula is C23H26FN3O3. The number of hydrogen-bond acceptors (Lipinski definition) is 4. The number of para-hydroxylation sites is 3. The highest BCUT2D eigenvalue weighted by Gasteiger charge is 2.33. The van der Waals surface area contributed by atoms with Crippen molar-refractivity contribution in [2.45, 2.75) is 31.8 Å². The highest BCUT2D eigenvalue weighted by atomic mass is 19.1. The number of likely N-dealkylation sites (tertiary alicyclic amines) is 1. The third-order valence-electron chi connectivity index (χ3n) is 5.56. The third kappa shape index (κ3) is 4.56. The number of rotatable bonds is 5. The van der Waals surface area contributed by atoms with Crippen molar-refractivity contribution in [1.82, 2.24) is 4.90 Å². The van der Waals surface area contributed by atoms with Gasteiger partial charge >= 0.3 is 0 Å². The second-order valence-corrected chi connectivity index (χ2v) is 7.68. The third-order valence-corrected chi connectivity index (χ3v) is 5.56. The van der Waals surface area contributed by atoms with Crippen molar-refractivity contribution >= 4 is 23.2 Å². The maximum absolute atomic E-state index is 13.8. The summed E-state index contributed by atoms with van der Waals surface area (Å²) in [6.45, 7) is 2.33. The van der Waals surface area contributed by atoms with Crippen molar-refractivity contribution in [3.63, 3.8) is 0 Å². The summed E-state index contributed by atoms with van der Waals surface area (Å²) in [6, 6.07) is 13.6. The van der Waals surface area contributed by atoms with Crippen molar-refractivity contribution in [2.24, 2.45) is 0 Å². The van der Waals surface area contributed by atoms with Crippen molar-refractivity contribution in [3.05, 3.63) is 54.3 Å². The van der Waals surface area contributed by atoms with Gasteiger partial charge in [-0.25, -0.2) is 4.39 Å². The van der Waals surface area contributed by atoms with Gasteiger partial charge in [0.1, 0.15) is 11.6 Å². The molecule has 1 N–H and O–H groups in total. The molecule has 0 bridgehead atoms. The number of piperidine rings is 1. The number of nitrogens with one attached hydrogen (secondary N) is 1. The van der Waals surface area contributed by atoms with Crippen molar-refractivity contribution in [2.75, 3.05) is 36.4 Å². The molecule has 7 heteroatoms. The summed E-state index contributed by atoms with van der Waals surface area (Å²) in [4.78, 5) is 29.2. The van der Waals surface area contributed by atoms with E-state index in [2.05, 4.69) is 5.32 Å². The lowest BCUT2D eigenvalue weighted by Crippen LogP contribution is -2.51. The first kappa shape index (κ1) is 20.2. The first-order valence-corrected chi connectivity index (χ1v) is 10.5. The maximum atomic E-state index is 13.8. The van der Waals surface area contributed by atoms with Gasteiger partial charge in [0.2, 0.25) is 5.91 Å². The Balaban J connectivity index is 1.42. The highest BCUT2D eigenvalue weighted by molar-refractivity contribution is 5.91. The quantitative estimate of drug-likeness (QED) is 0.819. The number of benzene rings is 2. The van der Waals surface area contributed by atoms with Crippen molar-refractivity contribution < 1.29 is 18.7 Å². The van der Waals surface area contributed by atoms with Crippen molar-refractivity contribution in [3.8, 4) is 5.75 Å². The molecule has 0 saturated carbocycles. The molecule has 1 atom stereocenters. The molecule has 2 aliphatic heterocycles. The minimum atomic E-state index is -0.590. The molecule has 2 aromatic rings. The number of anilines is 2. The number of ether oxygens (including phenoxy) is 1. The van der Waals surface area contributed by atoms with Crippen LogP contribution in [0.15, 0.2) is 48.5 Å². The Morgan fingerprint density at radius 3 is 2.57 bits per heavy atom. The Morgan fingerprint density at radius 2 is 1.77 bits per heavy atom. The summed E-state index contributed by atoms with van der Waals surface area (Å²) in [5.74, 6) is -0.0867. The van der Waals surface area contributed by atoms with Gasteiger partial charge in [0.25, 0.3) is 5.91 Å². The first-order valence-electron chi connectivity index (χ1n) is 10.5. The van der Waals surface area contributed by atoms with E-state index in [4.69, 9.17) is 4.74 Å². The molecule has 2 heterocycles. The molecule has 4 rings (SSSR count). The fraction of sp³-hybridized carbons (Fsp3) is 0.391. The number of fused-ring (bicyclic) bond motifs is 1. The number of amides is 2. The molecule has 1 unspecified atom stereocenters. The van der Waals surface area contributed by atoms with Gasteiger partial charge in [-0.05, 0) is 43.5 Å². The molecule has 1 fully saturated rings. The Labute approximate surface area is 175 Å². The first-order chi connectivity index (χ1) is 14.6. The number of nitrogens with zero attached hydrogens (tertiary/aromatic N) is 2. The number of carbonyl (C=O) groups is 2. The van der Waals surface area contributed by atoms with E-state index in [1.165, 1.54) is 12.1 Å². The average molecular weight is 411 g/mol. The smallest absolute Gasteiger partial charge is 0.265 e. The molecule has 1 saturated heterocycles.